The summed E-state index contributed by atoms with van der Waals surface area (Å²) in [5.74, 6) is -0.432. The smallest absolute Gasteiger partial charge is 0.264 e. The number of aryl methyl sites for hydroxylation is 1. The highest BCUT2D eigenvalue weighted by atomic mass is 28.4. The average molecular weight is 707 g/mol. The van der Waals surface area contributed by atoms with E-state index in [-0.39, 0.29) is 29.2 Å². The Morgan fingerprint density at radius 1 is 0.941 bits per heavy atom. The molecule has 8 rings (SSSR count). The van der Waals surface area contributed by atoms with Gasteiger partial charge in [0.15, 0.2) is 13.9 Å². The zero-order valence-electron chi connectivity index (χ0n) is 29.0. The monoisotopic (exact) mass is 706 g/mol. The molecule has 3 fully saturated rings. The molecule has 2 N–H and O–H groups in total. The molecule has 12 nitrogen and oxygen atoms in total. The number of fused-ring (bicyclic) bond motifs is 2. The van der Waals surface area contributed by atoms with Crippen LogP contribution in [0.25, 0.3) is 0 Å². The molecule has 0 radical (unpaired) electrons. The van der Waals surface area contributed by atoms with E-state index in [1.807, 2.05) is 92.8 Å². The van der Waals surface area contributed by atoms with E-state index in [1.165, 1.54) is 0 Å². The van der Waals surface area contributed by atoms with E-state index >= 15 is 0 Å². The first kappa shape index (κ1) is 33.5. The number of aromatic nitrogens is 3. The third-order valence-electron chi connectivity index (χ3n) is 11.2. The number of aliphatic hydroxyl groups excluding tert-OH is 1. The van der Waals surface area contributed by atoms with Crippen LogP contribution in [0.2, 0.25) is 18.6 Å². The molecule has 3 amide bonds. The van der Waals surface area contributed by atoms with Crippen molar-refractivity contribution in [3.8, 4) is 0 Å². The number of aliphatic hydroxyl groups is 1. The van der Waals surface area contributed by atoms with Crippen molar-refractivity contribution >= 4 is 43.1 Å². The fourth-order valence-electron chi connectivity index (χ4n) is 8.41. The molecule has 4 aliphatic heterocycles. The Labute approximate surface area is 297 Å². The third-order valence-corrected chi connectivity index (χ3v) is 13.7. The van der Waals surface area contributed by atoms with Gasteiger partial charge in [-0.1, -0.05) is 54.6 Å². The molecular weight excluding hydrogens is 665 g/mol. The lowest BCUT2D eigenvalue weighted by molar-refractivity contribution is -0.146. The molecule has 0 unspecified atom stereocenters. The quantitative estimate of drug-likeness (QED) is 0.184. The Bertz CT molecular complexity index is 2000. The van der Waals surface area contributed by atoms with Crippen molar-refractivity contribution in [1.82, 2.24) is 15.0 Å². The molecule has 3 aromatic carbocycles. The van der Waals surface area contributed by atoms with Gasteiger partial charge in [-0.25, -0.2) is 0 Å². The maximum atomic E-state index is 15.0. The van der Waals surface area contributed by atoms with E-state index in [0.29, 0.717) is 56.7 Å². The van der Waals surface area contributed by atoms with Gasteiger partial charge in [0, 0.05) is 60.9 Å². The van der Waals surface area contributed by atoms with E-state index in [4.69, 9.17) is 4.74 Å². The number of hydrogen-bond acceptors (Lipinski definition) is 8. The molecule has 0 aliphatic carbocycles. The standard InChI is InChI=1S/C38H42N6O6Si/c1-24-36(51(2,3)49)32(15-18-41-23-30(39-40-41)35(47)26-7-5-4-6-8-26)50-38(24)29-21-28(43-20-17-34(43)46)13-14-31(29)44(37(38)48)22-25-9-11-27(12-10-25)42-19-16-33(42)45/h4-14,21,23-24,32,35-36,47,49H,15-20,22H2,1-3H3/t24-,32+,35-,36-,38+/m1/s1. The molecule has 5 heterocycles. The van der Waals surface area contributed by atoms with Crippen LogP contribution in [0, 0.1) is 5.92 Å². The van der Waals surface area contributed by atoms with Crippen molar-refractivity contribution in [2.45, 2.75) is 75.7 Å². The van der Waals surface area contributed by atoms with Gasteiger partial charge in [-0.05, 0) is 61.0 Å². The molecular formula is C38H42N6O6Si. The maximum Gasteiger partial charge on any atom is 0.264 e. The summed E-state index contributed by atoms with van der Waals surface area (Å²) in [6.07, 6.45) is 1.83. The molecule has 0 saturated carbocycles. The van der Waals surface area contributed by atoms with Crippen molar-refractivity contribution in [3.05, 3.63) is 101 Å². The Kier molecular flexibility index (Phi) is 8.21. The predicted molar refractivity (Wildman–Crippen MR) is 192 cm³/mol. The van der Waals surface area contributed by atoms with Crippen molar-refractivity contribution in [2.75, 3.05) is 27.8 Å². The zero-order valence-corrected chi connectivity index (χ0v) is 30.0. The Balaban J connectivity index is 1.10. The summed E-state index contributed by atoms with van der Waals surface area (Å²) in [7, 11) is -2.93. The fraction of sp³-hybridized carbons (Fsp3) is 0.395. The van der Waals surface area contributed by atoms with Gasteiger partial charge < -0.3 is 29.3 Å². The first-order valence-corrected chi connectivity index (χ1v) is 20.7. The number of amides is 3. The van der Waals surface area contributed by atoms with Crippen LogP contribution in [-0.4, -0.2) is 70.1 Å². The Hall–Kier alpha value is -4.69. The lowest BCUT2D eigenvalue weighted by Gasteiger charge is -2.33. The third kappa shape index (κ3) is 5.59. The molecule has 13 heteroatoms. The maximum absolute atomic E-state index is 15.0. The number of carbonyl (C=O) groups is 3. The van der Waals surface area contributed by atoms with Gasteiger partial charge in [0.1, 0.15) is 11.8 Å². The van der Waals surface area contributed by atoms with Crippen LogP contribution in [-0.2, 0) is 37.8 Å². The van der Waals surface area contributed by atoms with Gasteiger partial charge in [-0.15, -0.1) is 5.10 Å². The lowest BCUT2D eigenvalue weighted by Crippen LogP contribution is -2.46. The summed E-state index contributed by atoms with van der Waals surface area (Å²) in [5.41, 5.74) is 3.38. The molecule has 1 aromatic heterocycles. The number of rotatable bonds is 10. The Morgan fingerprint density at radius 2 is 1.61 bits per heavy atom. The molecule has 4 aromatic rings. The van der Waals surface area contributed by atoms with Gasteiger partial charge in [-0.3, -0.25) is 19.1 Å². The van der Waals surface area contributed by atoms with Crippen LogP contribution in [0.4, 0.5) is 17.1 Å². The molecule has 51 heavy (non-hydrogen) atoms. The highest BCUT2D eigenvalue weighted by Gasteiger charge is 2.66. The second kappa shape index (κ2) is 12.5. The number of benzene rings is 3. The topological polar surface area (TPSA) is 141 Å². The van der Waals surface area contributed by atoms with Crippen LogP contribution in [0.1, 0.15) is 54.7 Å². The van der Waals surface area contributed by atoms with Gasteiger partial charge in [0.25, 0.3) is 5.91 Å². The Morgan fingerprint density at radius 3 is 2.24 bits per heavy atom. The number of nitrogens with zero attached hydrogens (tertiary/aromatic N) is 6. The minimum Gasteiger partial charge on any atom is -0.432 e. The van der Waals surface area contributed by atoms with Crippen molar-refractivity contribution in [2.24, 2.45) is 5.92 Å². The molecule has 3 saturated heterocycles. The van der Waals surface area contributed by atoms with Crippen molar-refractivity contribution in [1.29, 1.82) is 0 Å². The summed E-state index contributed by atoms with van der Waals surface area (Å²) in [6, 6.07) is 22.7. The second-order valence-corrected chi connectivity index (χ2v) is 18.7. The number of carbonyl (C=O) groups excluding carboxylic acids is 3. The summed E-state index contributed by atoms with van der Waals surface area (Å²) >= 11 is 0. The highest BCUT2D eigenvalue weighted by molar-refractivity contribution is 6.71. The van der Waals surface area contributed by atoms with Crippen LogP contribution in [0.5, 0.6) is 0 Å². The van der Waals surface area contributed by atoms with Crippen LogP contribution >= 0.6 is 0 Å². The number of β-lactam (4-membered cyclic amide) rings is 2. The molecule has 5 atom stereocenters. The van der Waals surface area contributed by atoms with E-state index in [1.54, 1.807) is 25.6 Å². The zero-order chi connectivity index (χ0) is 35.7. The van der Waals surface area contributed by atoms with Crippen LogP contribution in [0.15, 0.2) is 79.0 Å². The van der Waals surface area contributed by atoms with Crippen LogP contribution in [0.3, 0.4) is 0 Å². The molecule has 1 spiro atoms. The summed E-state index contributed by atoms with van der Waals surface area (Å²) in [5, 5.41) is 19.4. The van der Waals surface area contributed by atoms with Crippen molar-refractivity contribution in [3.63, 3.8) is 0 Å². The van der Waals surface area contributed by atoms with Crippen molar-refractivity contribution < 1.29 is 29.0 Å². The fourth-order valence-corrected chi connectivity index (χ4v) is 11.0. The minimum absolute atomic E-state index is 0.0376. The van der Waals surface area contributed by atoms with E-state index in [9.17, 15) is 24.3 Å². The molecule has 4 aliphatic rings. The van der Waals surface area contributed by atoms with Gasteiger partial charge in [0.05, 0.1) is 24.5 Å². The summed E-state index contributed by atoms with van der Waals surface area (Å²) in [4.78, 5) is 56.5. The average Bonchev–Trinajstić information content (AvgIpc) is 3.77. The largest absolute Gasteiger partial charge is 0.432 e. The number of ether oxygens (including phenoxy) is 1. The summed E-state index contributed by atoms with van der Waals surface area (Å²) < 4.78 is 8.71. The van der Waals surface area contributed by atoms with E-state index < -0.39 is 26.1 Å². The van der Waals surface area contributed by atoms with Crippen LogP contribution < -0.4 is 14.7 Å². The van der Waals surface area contributed by atoms with Gasteiger partial charge in [-0.2, -0.15) is 0 Å². The molecule has 0 bridgehead atoms. The highest BCUT2D eigenvalue weighted by Crippen LogP contribution is 2.60. The van der Waals surface area contributed by atoms with Gasteiger partial charge >= 0.3 is 0 Å². The van der Waals surface area contributed by atoms with E-state index in [0.717, 1.165) is 28.2 Å². The number of hydrogen-bond donors (Lipinski definition) is 2. The minimum atomic E-state index is -2.93. The summed E-state index contributed by atoms with van der Waals surface area (Å²) in [6.45, 7) is 7.81. The first-order valence-electron chi connectivity index (χ1n) is 17.6. The lowest BCUT2D eigenvalue weighted by atomic mass is 9.82. The first-order chi connectivity index (χ1) is 24.5. The predicted octanol–water partition coefficient (Wildman–Crippen LogP) is 4.27. The molecule has 264 valence electrons. The second-order valence-electron chi connectivity index (χ2n) is 14.7. The van der Waals surface area contributed by atoms with E-state index in [2.05, 4.69) is 10.3 Å². The number of anilines is 3. The van der Waals surface area contributed by atoms with Gasteiger partial charge in [0.2, 0.25) is 11.8 Å². The SMILES string of the molecule is C[C@@H]1[C@@H]([Si](C)(C)O)[C@H](CCn2cc([C@H](O)c3ccccc3)nn2)O[C@@]12C(=O)N(Cc1ccc(N3CCC3=O)cc1)c1ccc(N3CCC3=O)cc12. The normalized spacial score (nSPS) is 25.0.